The van der Waals surface area contributed by atoms with Crippen molar-refractivity contribution in [1.82, 2.24) is 9.97 Å². The van der Waals surface area contributed by atoms with Crippen molar-refractivity contribution in [1.29, 1.82) is 0 Å². The van der Waals surface area contributed by atoms with E-state index < -0.39 is 0 Å². The first-order chi connectivity index (χ1) is 14.6. The van der Waals surface area contributed by atoms with E-state index in [2.05, 4.69) is 31.0 Å². The Kier molecular flexibility index (Phi) is 4.81. The van der Waals surface area contributed by atoms with E-state index in [0.717, 1.165) is 31.1 Å². The van der Waals surface area contributed by atoms with E-state index in [1.807, 2.05) is 48.5 Å². The molecule has 3 aromatic carbocycles. The Bertz CT molecular complexity index is 1370. The topological polar surface area (TPSA) is 46.1 Å². The normalized spacial score (nSPS) is 11.3. The van der Waals surface area contributed by atoms with E-state index in [4.69, 9.17) is 4.98 Å². The molecule has 1 amide bonds. The van der Waals surface area contributed by atoms with E-state index in [1.165, 1.54) is 11.1 Å². The summed E-state index contributed by atoms with van der Waals surface area (Å²) in [7, 11) is 0. The number of hydrogen-bond acceptors (Lipinski definition) is 5. The van der Waals surface area contributed by atoms with Gasteiger partial charge in [0.1, 0.15) is 0 Å². The molecule has 4 nitrogen and oxygen atoms in total. The molecule has 0 radical (unpaired) electrons. The molecule has 0 unspecified atom stereocenters. The van der Waals surface area contributed by atoms with Gasteiger partial charge in [-0.1, -0.05) is 47.7 Å². The first-order valence-corrected chi connectivity index (χ1v) is 11.3. The van der Waals surface area contributed by atoms with Gasteiger partial charge in [0.25, 0.3) is 5.91 Å². The number of nitrogens with zero attached hydrogens (tertiary/aromatic N) is 3. The molecule has 6 heteroatoms. The van der Waals surface area contributed by atoms with Gasteiger partial charge in [0.15, 0.2) is 5.13 Å². The van der Waals surface area contributed by atoms with Crippen LogP contribution in [0.5, 0.6) is 0 Å². The Hall–Kier alpha value is -3.09. The number of carbonyl (C=O) groups excluding carboxylic acids is 1. The number of benzene rings is 3. The summed E-state index contributed by atoms with van der Waals surface area (Å²) in [5, 5.41) is 0.719. The van der Waals surface area contributed by atoms with Gasteiger partial charge in [-0.25, -0.2) is 9.97 Å². The number of fused-ring (bicyclic) bond motifs is 2. The molecule has 0 N–H and O–H groups in total. The quantitative estimate of drug-likeness (QED) is 0.333. The summed E-state index contributed by atoms with van der Waals surface area (Å²) in [6, 6.07) is 20.0. The number of carbonyl (C=O) groups is 1. The van der Waals surface area contributed by atoms with Crippen LogP contribution in [-0.4, -0.2) is 15.9 Å². The number of aromatic nitrogens is 2. The largest absolute Gasteiger partial charge is 0.279 e. The molecule has 0 atom stereocenters. The first kappa shape index (κ1) is 18.9. The Morgan fingerprint density at radius 1 is 1.00 bits per heavy atom. The monoisotopic (exact) mass is 429 g/mol. The molecule has 0 bridgehead atoms. The lowest BCUT2D eigenvalue weighted by Gasteiger charge is -2.20. The van der Waals surface area contributed by atoms with Crippen LogP contribution in [0.3, 0.4) is 0 Å². The molecule has 0 saturated heterocycles. The highest BCUT2D eigenvalue weighted by molar-refractivity contribution is 7.22. The van der Waals surface area contributed by atoms with Crippen LogP contribution in [0.4, 0.5) is 5.13 Å². The zero-order chi connectivity index (χ0) is 20.7. The van der Waals surface area contributed by atoms with Gasteiger partial charge in [0, 0.05) is 5.56 Å². The van der Waals surface area contributed by atoms with Crippen molar-refractivity contribution in [2.24, 2.45) is 0 Å². The van der Waals surface area contributed by atoms with Crippen LogP contribution in [-0.2, 0) is 6.54 Å². The first-order valence-electron chi connectivity index (χ1n) is 9.65. The lowest BCUT2D eigenvalue weighted by atomic mass is 10.1. The number of hydrogen-bond donors (Lipinski definition) is 0. The van der Waals surface area contributed by atoms with Gasteiger partial charge >= 0.3 is 0 Å². The van der Waals surface area contributed by atoms with E-state index in [0.29, 0.717) is 12.1 Å². The standard InChI is InChI=1S/C24H19N3OS2/c1-15-10-16(2)22-20(11-15)26-24(30-22)27(13-17-6-4-3-5-7-17)23(28)18-8-9-19-21(12-18)29-14-25-19/h3-12,14H,13H2,1-2H3. The van der Waals surface area contributed by atoms with E-state index in [1.54, 1.807) is 33.1 Å². The smallest absolute Gasteiger partial charge is 0.260 e. The number of amides is 1. The minimum Gasteiger partial charge on any atom is -0.279 e. The van der Waals surface area contributed by atoms with Crippen molar-refractivity contribution in [2.45, 2.75) is 20.4 Å². The lowest BCUT2D eigenvalue weighted by molar-refractivity contribution is 0.0985. The van der Waals surface area contributed by atoms with Gasteiger partial charge in [0.05, 0.1) is 32.5 Å². The number of rotatable bonds is 4. The molecule has 148 valence electrons. The van der Waals surface area contributed by atoms with Crippen LogP contribution < -0.4 is 4.90 Å². The number of thiazole rings is 2. The van der Waals surface area contributed by atoms with Gasteiger partial charge in [-0.05, 0) is 54.8 Å². The van der Waals surface area contributed by atoms with E-state index in [-0.39, 0.29) is 5.91 Å². The molecular weight excluding hydrogens is 410 g/mol. The van der Waals surface area contributed by atoms with Crippen molar-refractivity contribution < 1.29 is 4.79 Å². The SMILES string of the molecule is Cc1cc(C)c2sc(N(Cc3ccccc3)C(=O)c3ccc4ncsc4c3)nc2c1. The van der Waals surface area contributed by atoms with Crippen LogP contribution in [0.25, 0.3) is 20.4 Å². The minimum atomic E-state index is -0.0532. The highest BCUT2D eigenvalue weighted by atomic mass is 32.1. The maximum atomic E-state index is 13.6. The fraction of sp³-hybridized carbons (Fsp3) is 0.125. The summed E-state index contributed by atoms with van der Waals surface area (Å²) in [4.78, 5) is 24.6. The van der Waals surface area contributed by atoms with Gasteiger partial charge in [0.2, 0.25) is 0 Å². The van der Waals surface area contributed by atoms with Crippen molar-refractivity contribution in [3.63, 3.8) is 0 Å². The fourth-order valence-corrected chi connectivity index (χ4v) is 5.35. The summed E-state index contributed by atoms with van der Waals surface area (Å²) < 4.78 is 2.13. The second kappa shape index (κ2) is 7.63. The Labute approximate surface area is 182 Å². The molecular formula is C24H19N3OS2. The molecule has 0 saturated carbocycles. The summed E-state index contributed by atoms with van der Waals surface area (Å²) >= 11 is 3.12. The van der Waals surface area contributed by atoms with Crippen molar-refractivity contribution in [3.05, 3.63) is 88.4 Å². The lowest BCUT2D eigenvalue weighted by Crippen LogP contribution is -2.30. The molecule has 0 spiro atoms. The average Bonchev–Trinajstić information content (AvgIpc) is 3.38. The molecule has 0 aliphatic heterocycles. The molecule has 5 rings (SSSR count). The third-order valence-electron chi connectivity index (χ3n) is 5.05. The molecule has 2 heterocycles. The molecule has 2 aromatic heterocycles. The third kappa shape index (κ3) is 3.49. The molecule has 0 aliphatic carbocycles. The van der Waals surface area contributed by atoms with Crippen molar-refractivity contribution in [2.75, 3.05) is 4.90 Å². The molecule has 30 heavy (non-hydrogen) atoms. The van der Waals surface area contributed by atoms with Crippen LogP contribution in [0.15, 0.2) is 66.2 Å². The molecule has 0 aliphatic rings. The van der Waals surface area contributed by atoms with E-state index in [9.17, 15) is 4.79 Å². The fourth-order valence-electron chi connectivity index (χ4n) is 3.62. The summed E-state index contributed by atoms with van der Waals surface area (Å²) in [5.74, 6) is -0.0532. The Morgan fingerprint density at radius 2 is 1.83 bits per heavy atom. The van der Waals surface area contributed by atoms with E-state index >= 15 is 0 Å². The van der Waals surface area contributed by atoms with Gasteiger partial charge in [-0.15, -0.1) is 11.3 Å². The second-order valence-corrected chi connectivity index (χ2v) is 9.20. The Morgan fingerprint density at radius 3 is 2.67 bits per heavy atom. The highest BCUT2D eigenvalue weighted by Crippen LogP contribution is 2.34. The highest BCUT2D eigenvalue weighted by Gasteiger charge is 2.23. The minimum absolute atomic E-state index is 0.0532. The summed E-state index contributed by atoms with van der Waals surface area (Å²) in [5.41, 5.74) is 7.74. The third-order valence-corrected chi connectivity index (χ3v) is 7.07. The molecule has 0 fully saturated rings. The predicted octanol–water partition coefficient (Wildman–Crippen LogP) is 6.37. The second-order valence-electron chi connectivity index (χ2n) is 7.34. The van der Waals surface area contributed by atoms with Gasteiger partial charge < -0.3 is 0 Å². The van der Waals surface area contributed by atoms with Crippen LogP contribution in [0, 0.1) is 13.8 Å². The summed E-state index contributed by atoms with van der Waals surface area (Å²) in [6.07, 6.45) is 0. The van der Waals surface area contributed by atoms with Gasteiger partial charge in [-0.2, -0.15) is 0 Å². The maximum absolute atomic E-state index is 13.6. The van der Waals surface area contributed by atoms with Crippen molar-refractivity contribution >= 4 is 54.1 Å². The number of aryl methyl sites for hydroxylation is 2. The van der Waals surface area contributed by atoms with Crippen molar-refractivity contribution in [3.8, 4) is 0 Å². The van der Waals surface area contributed by atoms with Gasteiger partial charge in [-0.3, -0.25) is 9.69 Å². The summed E-state index contributed by atoms with van der Waals surface area (Å²) in [6.45, 7) is 4.64. The predicted molar refractivity (Wildman–Crippen MR) is 126 cm³/mol. The van der Waals surface area contributed by atoms with Crippen LogP contribution in [0.1, 0.15) is 27.0 Å². The number of anilines is 1. The average molecular weight is 430 g/mol. The zero-order valence-corrected chi connectivity index (χ0v) is 18.3. The zero-order valence-electron chi connectivity index (χ0n) is 16.6. The van der Waals surface area contributed by atoms with Crippen LogP contribution >= 0.6 is 22.7 Å². The molecule has 5 aromatic rings. The van der Waals surface area contributed by atoms with Crippen LogP contribution in [0.2, 0.25) is 0 Å². The Balaban J connectivity index is 1.61. The maximum Gasteiger partial charge on any atom is 0.260 e.